The number of halogens is 2. The van der Waals surface area contributed by atoms with Gasteiger partial charge in [0.25, 0.3) is 0 Å². The maximum absolute atomic E-state index is 12.9. The van der Waals surface area contributed by atoms with Crippen LogP contribution in [-0.4, -0.2) is 18.0 Å². The minimum absolute atomic E-state index is 0.383. The molecule has 2 amide bonds. The summed E-state index contributed by atoms with van der Waals surface area (Å²) < 4.78 is 19.7. The lowest BCUT2D eigenvalue weighted by molar-refractivity contribution is -0.126. The minimum atomic E-state index is -0.580. The summed E-state index contributed by atoms with van der Waals surface area (Å²) >= 11 is 3.40. The van der Waals surface area contributed by atoms with Gasteiger partial charge in [-0.1, -0.05) is 40.2 Å². The van der Waals surface area contributed by atoms with Gasteiger partial charge in [0.1, 0.15) is 24.6 Å². The Bertz CT molecular complexity index is 1070. The molecule has 0 aliphatic carbocycles. The first-order valence-corrected chi connectivity index (χ1v) is 10.1. The summed E-state index contributed by atoms with van der Waals surface area (Å²) in [4.78, 5) is 23.8. The van der Waals surface area contributed by atoms with Crippen LogP contribution in [-0.2, 0) is 16.2 Å². The van der Waals surface area contributed by atoms with E-state index in [0.29, 0.717) is 23.6 Å². The number of para-hydroxylation sites is 1. The Morgan fingerprint density at radius 3 is 2.42 bits per heavy atom. The van der Waals surface area contributed by atoms with E-state index in [9.17, 15) is 14.0 Å². The molecule has 8 heteroatoms. The minimum Gasteiger partial charge on any atom is -0.488 e. The molecular formula is C23H19BrFN3O3. The van der Waals surface area contributed by atoms with Crippen molar-refractivity contribution in [3.05, 3.63) is 94.2 Å². The van der Waals surface area contributed by atoms with Gasteiger partial charge in [0, 0.05) is 15.7 Å². The van der Waals surface area contributed by atoms with Gasteiger partial charge in [-0.15, -0.1) is 0 Å². The van der Waals surface area contributed by atoms with E-state index >= 15 is 0 Å². The summed E-state index contributed by atoms with van der Waals surface area (Å²) in [7, 11) is 0. The monoisotopic (exact) mass is 483 g/mol. The molecular weight excluding hydrogens is 465 g/mol. The first-order chi connectivity index (χ1) is 15.0. The van der Waals surface area contributed by atoms with Crippen LogP contribution in [0.3, 0.4) is 0 Å². The molecule has 2 N–H and O–H groups in total. The van der Waals surface area contributed by atoms with E-state index in [1.54, 1.807) is 12.1 Å². The van der Waals surface area contributed by atoms with Gasteiger partial charge >= 0.3 is 0 Å². The molecule has 0 atom stereocenters. The van der Waals surface area contributed by atoms with Gasteiger partial charge in [-0.2, -0.15) is 5.10 Å². The lowest BCUT2D eigenvalue weighted by Gasteiger charge is -2.09. The highest BCUT2D eigenvalue weighted by molar-refractivity contribution is 9.10. The van der Waals surface area contributed by atoms with E-state index < -0.39 is 24.1 Å². The molecule has 158 valence electrons. The average molecular weight is 484 g/mol. The van der Waals surface area contributed by atoms with E-state index in [0.717, 1.165) is 10.0 Å². The molecule has 0 heterocycles. The van der Waals surface area contributed by atoms with Crippen LogP contribution in [0, 0.1) is 5.82 Å². The number of nitrogens with one attached hydrogen (secondary N) is 2. The maximum Gasteiger partial charge on any atom is 0.249 e. The number of carbonyl (C=O) groups is 2. The second kappa shape index (κ2) is 11.0. The third kappa shape index (κ3) is 7.35. The average Bonchev–Trinajstić information content (AvgIpc) is 2.76. The normalized spacial score (nSPS) is 10.6. The van der Waals surface area contributed by atoms with E-state index in [-0.39, 0.29) is 0 Å². The summed E-state index contributed by atoms with van der Waals surface area (Å²) in [6.45, 7) is 0.383. The van der Waals surface area contributed by atoms with Crippen molar-refractivity contribution < 1.29 is 18.7 Å². The summed E-state index contributed by atoms with van der Waals surface area (Å²) in [5.41, 5.74) is 4.40. The van der Waals surface area contributed by atoms with Crippen LogP contribution in [0.4, 0.5) is 10.1 Å². The maximum atomic E-state index is 12.9. The summed E-state index contributed by atoms with van der Waals surface area (Å²) in [5, 5.41) is 6.41. The second-order valence-corrected chi connectivity index (χ2v) is 7.39. The largest absolute Gasteiger partial charge is 0.488 e. The van der Waals surface area contributed by atoms with Gasteiger partial charge in [0.2, 0.25) is 11.8 Å². The zero-order valence-corrected chi connectivity index (χ0v) is 17.9. The van der Waals surface area contributed by atoms with Crippen molar-refractivity contribution in [1.29, 1.82) is 0 Å². The van der Waals surface area contributed by atoms with Gasteiger partial charge in [-0.25, -0.2) is 9.82 Å². The topological polar surface area (TPSA) is 79.8 Å². The highest BCUT2D eigenvalue weighted by Crippen LogP contribution is 2.18. The molecule has 0 fully saturated rings. The van der Waals surface area contributed by atoms with Crippen LogP contribution in [0.1, 0.15) is 17.5 Å². The molecule has 0 aliphatic heterocycles. The SMILES string of the molecule is O=C(CC(=O)Nc1ccc(F)cc1)NN=Cc1ccccc1OCc1ccc(Br)cc1. The van der Waals surface area contributed by atoms with Crippen molar-refractivity contribution in [3.8, 4) is 5.75 Å². The molecule has 0 unspecified atom stereocenters. The van der Waals surface area contributed by atoms with Crippen molar-refractivity contribution in [1.82, 2.24) is 5.43 Å². The quantitative estimate of drug-likeness (QED) is 0.278. The first-order valence-electron chi connectivity index (χ1n) is 9.33. The summed E-state index contributed by atoms with van der Waals surface area (Å²) in [5.74, 6) is -0.912. The Morgan fingerprint density at radius 1 is 0.968 bits per heavy atom. The molecule has 0 saturated heterocycles. The van der Waals surface area contributed by atoms with E-state index in [1.165, 1.54) is 30.5 Å². The summed E-state index contributed by atoms with van der Waals surface area (Å²) in [6, 6.07) is 20.3. The van der Waals surface area contributed by atoms with Gasteiger partial charge in [0.05, 0.1) is 6.21 Å². The number of anilines is 1. The predicted molar refractivity (Wildman–Crippen MR) is 120 cm³/mol. The lowest BCUT2D eigenvalue weighted by atomic mass is 10.2. The number of ether oxygens (including phenoxy) is 1. The molecule has 3 aromatic rings. The number of carbonyl (C=O) groups excluding carboxylic acids is 2. The number of nitrogens with zero attached hydrogens (tertiary/aromatic N) is 1. The van der Waals surface area contributed by atoms with Crippen LogP contribution >= 0.6 is 15.9 Å². The lowest BCUT2D eigenvalue weighted by Crippen LogP contribution is -2.24. The van der Waals surface area contributed by atoms with Crippen LogP contribution in [0.15, 0.2) is 82.4 Å². The van der Waals surface area contributed by atoms with Crippen LogP contribution in [0.5, 0.6) is 5.75 Å². The van der Waals surface area contributed by atoms with E-state index in [2.05, 4.69) is 31.8 Å². The Kier molecular flexibility index (Phi) is 7.89. The smallest absolute Gasteiger partial charge is 0.249 e. The van der Waals surface area contributed by atoms with Crippen LogP contribution in [0.2, 0.25) is 0 Å². The van der Waals surface area contributed by atoms with Gasteiger partial charge in [-0.05, 0) is 54.1 Å². The van der Waals surface area contributed by atoms with Crippen molar-refractivity contribution in [2.24, 2.45) is 5.10 Å². The Morgan fingerprint density at radius 2 is 1.68 bits per heavy atom. The molecule has 31 heavy (non-hydrogen) atoms. The van der Waals surface area contributed by atoms with Crippen molar-refractivity contribution in [2.45, 2.75) is 13.0 Å². The van der Waals surface area contributed by atoms with Crippen molar-refractivity contribution in [2.75, 3.05) is 5.32 Å². The molecule has 0 spiro atoms. The summed E-state index contributed by atoms with van der Waals surface area (Å²) in [6.07, 6.45) is 1.03. The highest BCUT2D eigenvalue weighted by atomic mass is 79.9. The fourth-order valence-corrected chi connectivity index (χ4v) is 2.82. The number of hydrogen-bond donors (Lipinski definition) is 2. The molecule has 0 bridgehead atoms. The number of amides is 2. The number of rotatable bonds is 8. The Hall–Kier alpha value is -3.52. The first kappa shape index (κ1) is 22.2. The molecule has 0 radical (unpaired) electrons. The fourth-order valence-electron chi connectivity index (χ4n) is 2.56. The fraction of sp³-hybridized carbons (Fsp3) is 0.0870. The highest BCUT2D eigenvalue weighted by Gasteiger charge is 2.09. The second-order valence-electron chi connectivity index (χ2n) is 6.48. The number of hydrogen-bond acceptors (Lipinski definition) is 4. The molecule has 3 aromatic carbocycles. The van der Waals surface area contributed by atoms with E-state index in [1.807, 2.05) is 36.4 Å². The molecule has 0 saturated carbocycles. The number of hydrazone groups is 1. The molecule has 3 rings (SSSR count). The van der Waals surface area contributed by atoms with Crippen LogP contribution < -0.4 is 15.5 Å². The van der Waals surface area contributed by atoms with Crippen LogP contribution in [0.25, 0.3) is 0 Å². The molecule has 6 nitrogen and oxygen atoms in total. The van der Waals surface area contributed by atoms with E-state index in [4.69, 9.17) is 4.74 Å². The van der Waals surface area contributed by atoms with Gasteiger partial charge in [0.15, 0.2) is 0 Å². The predicted octanol–water partition coefficient (Wildman–Crippen LogP) is 4.65. The zero-order chi connectivity index (χ0) is 22.1. The van der Waals surface area contributed by atoms with Crippen molar-refractivity contribution in [3.63, 3.8) is 0 Å². The molecule has 0 aromatic heterocycles. The zero-order valence-electron chi connectivity index (χ0n) is 16.3. The third-order valence-electron chi connectivity index (χ3n) is 4.07. The Labute approximate surface area is 187 Å². The third-order valence-corrected chi connectivity index (χ3v) is 4.60. The van der Waals surface area contributed by atoms with Gasteiger partial charge < -0.3 is 10.1 Å². The standard InChI is InChI=1S/C23H19BrFN3O3/c24-18-7-5-16(6-8-18)15-31-21-4-2-1-3-17(21)14-26-28-23(30)13-22(29)27-20-11-9-19(25)10-12-20/h1-12,14H,13,15H2,(H,27,29)(H,28,30). The Balaban J connectivity index is 1.50. The number of benzene rings is 3. The van der Waals surface area contributed by atoms with Crippen molar-refractivity contribution >= 4 is 39.6 Å². The van der Waals surface area contributed by atoms with Gasteiger partial charge in [-0.3, -0.25) is 9.59 Å². The molecule has 0 aliphatic rings.